The van der Waals surface area contributed by atoms with Crippen LogP contribution in [-0.2, 0) is 27.5 Å². The molecule has 1 aromatic heterocycles. The second-order valence-corrected chi connectivity index (χ2v) is 6.86. The first-order valence-corrected chi connectivity index (χ1v) is 8.71. The molecule has 0 saturated heterocycles. The summed E-state index contributed by atoms with van der Waals surface area (Å²) in [4.78, 5) is 16.2. The van der Waals surface area contributed by atoms with Crippen molar-refractivity contribution in [3.63, 3.8) is 0 Å². The number of benzene rings is 2. The molecule has 0 amide bonds. The van der Waals surface area contributed by atoms with Gasteiger partial charge < -0.3 is 9.47 Å². The first kappa shape index (κ1) is 17.2. The van der Waals surface area contributed by atoms with Gasteiger partial charge in [0.1, 0.15) is 18.2 Å². The Labute approximate surface area is 152 Å². The van der Waals surface area contributed by atoms with Gasteiger partial charge in [-0.25, -0.2) is 9.78 Å². The summed E-state index contributed by atoms with van der Waals surface area (Å²) < 4.78 is 11.6. The number of hydrogen-bond donors (Lipinski definition) is 0. The molecule has 0 aliphatic rings. The summed E-state index contributed by atoms with van der Waals surface area (Å²) in [5.74, 6) is -0.480. The Hall–Kier alpha value is -1.66. The topological polar surface area (TPSA) is 48.4 Å². The van der Waals surface area contributed by atoms with Gasteiger partial charge >= 0.3 is 5.97 Å². The van der Waals surface area contributed by atoms with Crippen LogP contribution in [0.15, 0.2) is 42.5 Å². The van der Waals surface area contributed by atoms with Gasteiger partial charge in [0.05, 0.1) is 16.8 Å². The van der Waals surface area contributed by atoms with Crippen molar-refractivity contribution >= 4 is 50.7 Å². The molecule has 0 saturated carbocycles. The molecule has 0 unspecified atom stereocenters. The molecular formula is C17H13Cl2NO3S. The van der Waals surface area contributed by atoms with Gasteiger partial charge in [-0.05, 0) is 24.3 Å². The SMILES string of the molecule is O=C(COCc1nc2ccccc2s1)OCc1c(Cl)cccc1Cl. The average molecular weight is 382 g/mol. The molecule has 0 aliphatic carbocycles. The van der Waals surface area contributed by atoms with Crippen LogP contribution < -0.4 is 0 Å². The Morgan fingerprint density at radius 3 is 2.54 bits per heavy atom. The molecule has 0 radical (unpaired) electrons. The highest BCUT2D eigenvalue weighted by atomic mass is 35.5. The van der Waals surface area contributed by atoms with Crippen LogP contribution in [0.5, 0.6) is 0 Å². The minimum atomic E-state index is -0.480. The number of para-hydroxylation sites is 1. The zero-order valence-corrected chi connectivity index (χ0v) is 14.8. The van der Waals surface area contributed by atoms with Gasteiger partial charge in [0.25, 0.3) is 0 Å². The standard InChI is InChI=1S/C17H13Cl2NO3S/c18-12-4-3-5-13(19)11(12)8-23-17(21)10-22-9-16-20-14-6-1-2-7-15(14)24-16/h1-7H,8-10H2. The lowest BCUT2D eigenvalue weighted by molar-refractivity contribution is -0.150. The molecule has 0 spiro atoms. The normalized spacial score (nSPS) is 10.9. The van der Waals surface area contributed by atoms with E-state index in [2.05, 4.69) is 4.98 Å². The summed E-state index contributed by atoms with van der Waals surface area (Å²) in [7, 11) is 0. The third-order valence-electron chi connectivity index (χ3n) is 3.22. The quantitative estimate of drug-likeness (QED) is 0.571. The van der Waals surface area contributed by atoms with Crippen LogP contribution in [0.25, 0.3) is 10.2 Å². The second kappa shape index (κ2) is 7.94. The predicted octanol–water partition coefficient (Wildman–Crippen LogP) is 4.86. The summed E-state index contributed by atoms with van der Waals surface area (Å²) in [5.41, 5.74) is 1.51. The third-order valence-corrected chi connectivity index (χ3v) is 4.94. The molecule has 7 heteroatoms. The first-order chi connectivity index (χ1) is 11.6. The lowest BCUT2D eigenvalue weighted by Gasteiger charge is -2.08. The highest BCUT2D eigenvalue weighted by Gasteiger charge is 2.10. The highest BCUT2D eigenvalue weighted by molar-refractivity contribution is 7.18. The van der Waals surface area contributed by atoms with Gasteiger partial charge in [0.2, 0.25) is 0 Å². The van der Waals surface area contributed by atoms with Gasteiger partial charge in [-0.3, -0.25) is 0 Å². The number of ether oxygens (including phenoxy) is 2. The van der Waals surface area contributed by atoms with E-state index in [0.717, 1.165) is 15.2 Å². The zero-order chi connectivity index (χ0) is 16.9. The number of aromatic nitrogens is 1. The Morgan fingerprint density at radius 2 is 1.79 bits per heavy atom. The van der Waals surface area contributed by atoms with Crippen LogP contribution in [0.3, 0.4) is 0 Å². The molecule has 24 heavy (non-hydrogen) atoms. The summed E-state index contributed by atoms with van der Waals surface area (Å²) >= 11 is 13.6. The highest BCUT2D eigenvalue weighted by Crippen LogP contribution is 2.25. The summed E-state index contributed by atoms with van der Waals surface area (Å²) in [6, 6.07) is 13.0. The molecular weight excluding hydrogens is 369 g/mol. The number of thiazole rings is 1. The van der Waals surface area contributed by atoms with E-state index in [1.54, 1.807) is 18.2 Å². The average Bonchev–Trinajstić information content (AvgIpc) is 2.97. The Bertz CT molecular complexity index is 813. The summed E-state index contributed by atoms with van der Waals surface area (Å²) in [6.07, 6.45) is 0. The smallest absolute Gasteiger partial charge is 0.332 e. The third kappa shape index (κ3) is 4.24. The zero-order valence-electron chi connectivity index (χ0n) is 12.5. The molecule has 1 heterocycles. The van der Waals surface area contributed by atoms with E-state index in [1.165, 1.54) is 11.3 Å². The van der Waals surface area contributed by atoms with Crippen LogP contribution in [0.4, 0.5) is 0 Å². The first-order valence-electron chi connectivity index (χ1n) is 7.14. The minimum Gasteiger partial charge on any atom is -0.459 e. The van der Waals surface area contributed by atoms with E-state index >= 15 is 0 Å². The molecule has 2 aromatic carbocycles. The number of nitrogens with zero attached hydrogens (tertiary/aromatic N) is 1. The van der Waals surface area contributed by atoms with Crippen LogP contribution in [0, 0.1) is 0 Å². The molecule has 3 rings (SSSR count). The van der Waals surface area contributed by atoms with Gasteiger partial charge in [-0.2, -0.15) is 0 Å². The number of esters is 1. The fraction of sp³-hybridized carbons (Fsp3) is 0.176. The number of halogens is 2. The van der Waals surface area contributed by atoms with Crippen molar-refractivity contribution in [2.24, 2.45) is 0 Å². The van der Waals surface area contributed by atoms with Crippen molar-refractivity contribution < 1.29 is 14.3 Å². The predicted molar refractivity (Wildman–Crippen MR) is 95.5 cm³/mol. The van der Waals surface area contributed by atoms with Crippen molar-refractivity contribution in [3.8, 4) is 0 Å². The molecule has 0 atom stereocenters. The Morgan fingerprint density at radius 1 is 1.04 bits per heavy atom. The van der Waals surface area contributed by atoms with E-state index in [1.807, 2.05) is 24.3 Å². The van der Waals surface area contributed by atoms with Gasteiger partial charge in [-0.1, -0.05) is 41.4 Å². The lowest BCUT2D eigenvalue weighted by Crippen LogP contribution is -2.12. The summed E-state index contributed by atoms with van der Waals surface area (Å²) in [5, 5.41) is 1.74. The lowest BCUT2D eigenvalue weighted by atomic mass is 10.2. The molecule has 0 N–H and O–H groups in total. The van der Waals surface area contributed by atoms with E-state index in [0.29, 0.717) is 15.6 Å². The maximum Gasteiger partial charge on any atom is 0.332 e. The van der Waals surface area contributed by atoms with Crippen LogP contribution in [0.2, 0.25) is 10.0 Å². The summed E-state index contributed by atoms with van der Waals surface area (Å²) in [6.45, 7) is 0.126. The number of carbonyl (C=O) groups is 1. The maximum atomic E-state index is 11.8. The number of rotatable bonds is 6. The van der Waals surface area contributed by atoms with Gasteiger partial charge in [0, 0.05) is 15.6 Å². The number of hydrogen-bond acceptors (Lipinski definition) is 5. The molecule has 3 aromatic rings. The molecule has 124 valence electrons. The minimum absolute atomic E-state index is 0.0157. The van der Waals surface area contributed by atoms with Crippen molar-refractivity contribution in [3.05, 3.63) is 63.1 Å². The Kier molecular flexibility index (Phi) is 5.68. The van der Waals surface area contributed by atoms with E-state index < -0.39 is 5.97 Å². The van der Waals surface area contributed by atoms with Crippen molar-refractivity contribution in [2.45, 2.75) is 13.2 Å². The monoisotopic (exact) mass is 381 g/mol. The molecule has 0 bridgehead atoms. The van der Waals surface area contributed by atoms with Crippen LogP contribution in [-0.4, -0.2) is 17.6 Å². The van der Waals surface area contributed by atoms with E-state index in [9.17, 15) is 4.79 Å². The largest absolute Gasteiger partial charge is 0.459 e. The van der Waals surface area contributed by atoms with E-state index in [4.69, 9.17) is 32.7 Å². The van der Waals surface area contributed by atoms with Crippen molar-refractivity contribution in [1.29, 1.82) is 0 Å². The van der Waals surface area contributed by atoms with E-state index in [-0.39, 0.29) is 19.8 Å². The molecule has 0 aliphatic heterocycles. The van der Waals surface area contributed by atoms with Crippen molar-refractivity contribution in [1.82, 2.24) is 4.98 Å². The number of fused-ring (bicyclic) bond motifs is 1. The van der Waals surface area contributed by atoms with Gasteiger partial charge in [-0.15, -0.1) is 11.3 Å². The van der Waals surface area contributed by atoms with Crippen LogP contribution in [0.1, 0.15) is 10.6 Å². The Balaban J connectivity index is 1.47. The fourth-order valence-corrected chi connectivity index (χ4v) is 3.48. The van der Waals surface area contributed by atoms with Gasteiger partial charge in [0.15, 0.2) is 0 Å². The number of carbonyl (C=O) groups excluding carboxylic acids is 1. The second-order valence-electron chi connectivity index (χ2n) is 4.93. The maximum absolute atomic E-state index is 11.8. The van der Waals surface area contributed by atoms with Crippen LogP contribution >= 0.6 is 34.5 Å². The molecule has 0 fully saturated rings. The van der Waals surface area contributed by atoms with Crippen molar-refractivity contribution in [2.75, 3.05) is 6.61 Å². The molecule has 4 nitrogen and oxygen atoms in total. The fourth-order valence-electron chi connectivity index (χ4n) is 2.07.